The van der Waals surface area contributed by atoms with E-state index in [1.807, 2.05) is 48.9 Å². The molecule has 1 amide bonds. The molecule has 9 nitrogen and oxygen atoms in total. The molecule has 2 aromatic rings. The van der Waals surface area contributed by atoms with E-state index in [2.05, 4.69) is 9.82 Å². The molecule has 0 atom stereocenters. The molecule has 1 saturated heterocycles. The number of ether oxygens (including phenoxy) is 1. The fourth-order valence-corrected chi connectivity index (χ4v) is 4.49. The number of aryl methyl sites for hydroxylation is 1. The Kier molecular flexibility index (Phi) is 6.56. The fraction of sp³-hybridized carbons (Fsp3) is 0.474. The smallest absolute Gasteiger partial charge is 0.409 e. The zero-order valence-electron chi connectivity index (χ0n) is 17.0. The first-order valence-corrected chi connectivity index (χ1v) is 11.0. The molecular weight excluding hydrogens is 394 g/mol. The summed E-state index contributed by atoms with van der Waals surface area (Å²) in [5.74, 6) is 0. The third-order valence-electron chi connectivity index (χ3n) is 4.98. The summed E-state index contributed by atoms with van der Waals surface area (Å²) in [5, 5.41) is 4.55. The molecule has 1 aromatic carbocycles. The maximum atomic E-state index is 12.7. The minimum absolute atomic E-state index is 0.158. The summed E-state index contributed by atoms with van der Waals surface area (Å²) < 4.78 is 36.2. The van der Waals surface area contributed by atoms with Crippen molar-refractivity contribution < 1.29 is 17.9 Å². The van der Waals surface area contributed by atoms with Gasteiger partial charge in [-0.15, -0.1) is 0 Å². The van der Waals surface area contributed by atoms with Crippen molar-refractivity contribution >= 4 is 16.3 Å². The summed E-state index contributed by atoms with van der Waals surface area (Å²) in [6, 6.07) is 9.72. The third kappa shape index (κ3) is 4.77. The average molecular weight is 422 g/mol. The van der Waals surface area contributed by atoms with Crippen LogP contribution in [0.4, 0.5) is 4.79 Å². The zero-order chi connectivity index (χ0) is 21.0. The second kappa shape index (κ2) is 8.93. The minimum Gasteiger partial charge on any atom is -0.450 e. The molecule has 1 aliphatic heterocycles. The normalized spacial score (nSPS) is 15.5. The highest BCUT2D eigenvalue weighted by atomic mass is 32.2. The number of amides is 1. The zero-order valence-corrected chi connectivity index (χ0v) is 17.8. The van der Waals surface area contributed by atoms with Crippen LogP contribution in [0.1, 0.15) is 23.9 Å². The van der Waals surface area contributed by atoms with Gasteiger partial charge in [-0.3, -0.25) is 0 Å². The van der Waals surface area contributed by atoms with Gasteiger partial charge in [0, 0.05) is 44.0 Å². The molecule has 2 heterocycles. The monoisotopic (exact) mass is 421 g/mol. The van der Waals surface area contributed by atoms with E-state index < -0.39 is 16.3 Å². The quantitative estimate of drug-likeness (QED) is 0.764. The maximum absolute atomic E-state index is 12.7. The van der Waals surface area contributed by atoms with Gasteiger partial charge in [0.05, 0.1) is 18.0 Å². The first-order chi connectivity index (χ1) is 13.8. The molecule has 0 spiro atoms. The summed E-state index contributed by atoms with van der Waals surface area (Å²) >= 11 is 0. The number of hydrogen-bond acceptors (Lipinski definition) is 5. The van der Waals surface area contributed by atoms with Crippen molar-refractivity contribution in [1.29, 1.82) is 0 Å². The van der Waals surface area contributed by atoms with Gasteiger partial charge in [0.2, 0.25) is 0 Å². The minimum atomic E-state index is -3.66. The van der Waals surface area contributed by atoms with Gasteiger partial charge in [0.1, 0.15) is 0 Å². The van der Waals surface area contributed by atoms with Gasteiger partial charge in [0.15, 0.2) is 0 Å². The summed E-state index contributed by atoms with van der Waals surface area (Å²) in [5.41, 5.74) is 3.45. The molecular formula is C19H27N5O4S. The van der Waals surface area contributed by atoms with Crippen molar-refractivity contribution in [2.45, 2.75) is 27.3 Å². The lowest BCUT2D eigenvalue weighted by molar-refractivity contribution is 0.0932. The van der Waals surface area contributed by atoms with Crippen molar-refractivity contribution in [2.75, 3.05) is 32.8 Å². The van der Waals surface area contributed by atoms with E-state index in [9.17, 15) is 13.2 Å². The summed E-state index contributed by atoms with van der Waals surface area (Å²) in [4.78, 5) is 13.3. The Morgan fingerprint density at radius 1 is 1.14 bits per heavy atom. The van der Waals surface area contributed by atoms with Gasteiger partial charge < -0.3 is 9.64 Å². The number of nitrogens with zero attached hydrogens (tertiary/aromatic N) is 4. The van der Waals surface area contributed by atoms with E-state index in [0.29, 0.717) is 19.7 Å². The number of carbonyl (C=O) groups is 1. The molecule has 10 heteroatoms. The van der Waals surface area contributed by atoms with Crippen molar-refractivity contribution in [3.8, 4) is 5.69 Å². The van der Waals surface area contributed by atoms with E-state index in [1.165, 1.54) is 9.21 Å². The lowest BCUT2D eigenvalue weighted by atomic mass is 10.2. The van der Waals surface area contributed by atoms with Crippen LogP contribution in [0.25, 0.3) is 5.69 Å². The molecule has 0 saturated carbocycles. The van der Waals surface area contributed by atoms with Crippen LogP contribution in [-0.4, -0.2) is 66.3 Å². The van der Waals surface area contributed by atoms with Gasteiger partial charge in [-0.05, 0) is 32.9 Å². The molecule has 3 rings (SSSR count). The highest BCUT2D eigenvalue weighted by molar-refractivity contribution is 7.87. The van der Waals surface area contributed by atoms with Crippen LogP contribution in [0, 0.1) is 13.8 Å². The van der Waals surface area contributed by atoms with E-state index in [1.54, 1.807) is 6.92 Å². The van der Waals surface area contributed by atoms with Crippen LogP contribution in [0.15, 0.2) is 30.3 Å². The van der Waals surface area contributed by atoms with E-state index in [0.717, 1.165) is 22.6 Å². The molecule has 0 bridgehead atoms. The summed E-state index contributed by atoms with van der Waals surface area (Å²) in [6.45, 7) is 7.08. The Balaban J connectivity index is 1.64. The Hall–Kier alpha value is -2.43. The molecule has 1 aromatic heterocycles. The number of aromatic nitrogens is 2. The number of hydrogen-bond donors (Lipinski definition) is 1. The maximum Gasteiger partial charge on any atom is 0.409 e. The Labute approximate surface area is 171 Å². The van der Waals surface area contributed by atoms with Gasteiger partial charge in [-0.1, -0.05) is 18.2 Å². The third-order valence-corrected chi connectivity index (χ3v) is 6.53. The van der Waals surface area contributed by atoms with Crippen LogP contribution in [0.2, 0.25) is 0 Å². The van der Waals surface area contributed by atoms with Crippen LogP contribution >= 0.6 is 0 Å². The van der Waals surface area contributed by atoms with E-state index >= 15 is 0 Å². The predicted octanol–water partition coefficient (Wildman–Crippen LogP) is 1.60. The van der Waals surface area contributed by atoms with Gasteiger partial charge in [-0.2, -0.15) is 22.5 Å². The van der Waals surface area contributed by atoms with Gasteiger partial charge in [-0.25, -0.2) is 9.48 Å². The fourth-order valence-electron chi connectivity index (χ4n) is 3.33. The molecule has 0 unspecified atom stereocenters. The van der Waals surface area contributed by atoms with Crippen molar-refractivity contribution in [1.82, 2.24) is 23.7 Å². The van der Waals surface area contributed by atoms with Gasteiger partial charge in [0.25, 0.3) is 10.2 Å². The van der Waals surface area contributed by atoms with Crippen molar-refractivity contribution in [2.24, 2.45) is 0 Å². The Bertz CT molecular complexity index is 950. The second-order valence-corrected chi connectivity index (χ2v) is 8.56. The highest BCUT2D eigenvalue weighted by Gasteiger charge is 2.29. The van der Waals surface area contributed by atoms with Crippen LogP contribution < -0.4 is 4.72 Å². The molecule has 1 fully saturated rings. The van der Waals surface area contributed by atoms with Crippen molar-refractivity contribution in [3.05, 3.63) is 47.3 Å². The summed E-state index contributed by atoms with van der Waals surface area (Å²) in [6.07, 6.45) is -0.405. The standard InChI is InChI=1S/C19H27N5O4S/c1-4-28-19(25)22-10-12-23(13-11-22)29(26,27)20-14-18-15(2)21-24(16(18)3)17-8-6-5-7-9-17/h5-9,20H,4,10-14H2,1-3H3. The largest absolute Gasteiger partial charge is 0.450 e. The number of nitrogens with one attached hydrogen (secondary N) is 1. The first-order valence-electron chi connectivity index (χ1n) is 9.60. The van der Waals surface area contributed by atoms with Crippen LogP contribution in [0.5, 0.6) is 0 Å². The molecule has 158 valence electrons. The lowest BCUT2D eigenvalue weighted by Crippen LogP contribution is -2.53. The van der Waals surface area contributed by atoms with Gasteiger partial charge >= 0.3 is 6.09 Å². The Morgan fingerprint density at radius 3 is 2.41 bits per heavy atom. The lowest BCUT2D eigenvalue weighted by Gasteiger charge is -2.33. The highest BCUT2D eigenvalue weighted by Crippen LogP contribution is 2.18. The number of rotatable bonds is 6. The van der Waals surface area contributed by atoms with E-state index in [4.69, 9.17) is 4.74 Å². The number of benzene rings is 1. The second-order valence-electron chi connectivity index (χ2n) is 6.81. The van der Waals surface area contributed by atoms with E-state index in [-0.39, 0.29) is 19.6 Å². The average Bonchev–Trinajstić information content (AvgIpc) is 3.01. The molecule has 0 radical (unpaired) electrons. The first kappa shape index (κ1) is 21.3. The topological polar surface area (TPSA) is 96.8 Å². The molecule has 0 aliphatic carbocycles. The SMILES string of the molecule is CCOC(=O)N1CCN(S(=O)(=O)NCc2c(C)nn(-c3ccccc3)c2C)CC1. The van der Waals surface area contributed by atoms with Crippen LogP contribution in [0.3, 0.4) is 0 Å². The number of carbonyl (C=O) groups excluding carboxylic acids is 1. The molecule has 1 N–H and O–H groups in total. The van der Waals surface area contributed by atoms with Crippen molar-refractivity contribution in [3.63, 3.8) is 0 Å². The number of piperazine rings is 1. The summed E-state index contributed by atoms with van der Waals surface area (Å²) in [7, 11) is -3.66. The molecule has 29 heavy (non-hydrogen) atoms. The number of para-hydroxylation sites is 1. The van der Waals surface area contributed by atoms with Crippen LogP contribution in [-0.2, 0) is 21.5 Å². The predicted molar refractivity (Wildman–Crippen MR) is 109 cm³/mol. The Morgan fingerprint density at radius 2 is 1.79 bits per heavy atom. The molecule has 1 aliphatic rings.